The molecule has 0 spiro atoms. The topological polar surface area (TPSA) is 82.8 Å². The highest BCUT2D eigenvalue weighted by molar-refractivity contribution is 5.81. The van der Waals surface area contributed by atoms with E-state index >= 15 is 0 Å². The fourth-order valence-corrected chi connectivity index (χ4v) is 4.62. The number of nitrogens with one attached hydrogen (secondary N) is 2. The molecular weight excluding hydrogens is 354 g/mol. The molecule has 0 aromatic carbocycles. The van der Waals surface area contributed by atoms with E-state index in [4.69, 9.17) is 4.52 Å². The van der Waals surface area contributed by atoms with Crippen LogP contribution in [0, 0.1) is 19.8 Å². The number of aryl methyl sites for hydroxylation is 2. The molecule has 2 aliphatic rings. The average Bonchev–Trinajstić information content (AvgIpc) is 3.31. The second-order valence-electron chi connectivity index (χ2n) is 8.34. The number of carbonyl (C=O) groups is 1. The van der Waals surface area contributed by atoms with Gasteiger partial charge in [0.25, 0.3) is 0 Å². The summed E-state index contributed by atoms with van der Waals surface area (Å²) in [5, 5.41) is 10.9. The van der Waals surface area contributed by atoms with Gasteiger partial charge in [-0.2, -0.15) is 0 Å². The highest BCUT2D eigenvalue weighted by Gasteiger charge is 2.31. The molecule has 1 aliphatic carbocycles. The summed E-state index contributed by atoms with van der Waals surface area (Å²) in [5.74, 6) is 2.55. The van der Waals surface area contributed by atoms with Crippen LogP contribution in [0.3, 0.4) is 0 Å². The van der Waals surface area contributed by atoms with Crippen molar-refractivity contribution in [3.05, 3.63) is 17.0 Å². The molecule has 2 atom stereocenters. The van der Waals surface area contributed by atoms with Crippen molar-refractivity contribution in [2.45, 2.75) is 71.3 Å². The van der Waals surface area contributed by atoms with Gasteiger partial charge in [0.15, 0.2) is 5.96 Å². The van der Waals surface area contributed by atoms with Crippen molar-refractivity contribution >= 4 is 11.9 Å². The monoisotopic (exact) mass is 389 g/mol. The predicted octanol–water partition coefficient (Wildman–Crippen LogP) is 2.74. The molecule has 28 heavy (non-hydrogen) atoms. The molecule has 2 heterocycles. The van der Waals surface area contributed by atoms with E-state index in [1.165, 1.54) is 19.3 Å². The smallest absolute Gasteiger partial charge is 0.225 e. The third-order valence-corrected chi connectivity index (χ3v) is 6.18. The van der Waals surface area contributed by atoms with E-state index in [0.717, 1.165) is 61.9 Å². The molecule has 1 aromatic rings. The zero-order valence-electron chi connectivity index (χ0n) is 17.8. The Morgan fingerprint density at radius 3 is 2.68 bits per heavy atom. The molecule has 156 valence electrons. The van der Waals surface area contributed by atoms with Crippen LogP contribution < -0.4 is 10.6 Å². The molecule has 7 nitrogen and oxygen atoms in total. The van der Waals surface area contributed by atoms with Crippen LogP contribution in [-0.4, -0.2) is 54.6 Å². The van der Waals surface area contributed by atoms with Gasteiger partial charge in [0.1, 0.15) is 5.76 Å². The number of aliphatic imine (C=N–C) groups is 1. The second kappa shape index (κ2) is 9.43. The Bertz CT molecular complexity index is 673. The van der Waals surface area contributed by atoms with Gasteiger partial charge < -0.3 is 20.1 Å². The van der Waals surface area contributed by atoms with Crippen molar-refractivity contribution in [3.63, 3.8) is 0 Å². The van der Waals surface area contributed by atoms with Gasteiger partial charge in [-0.25, -0.2) is 0 Å². The Kier molecular flexibility index (Phi) is 6.97. The van der Waals surface area contributed by atoms with Gasteiger partial charge in [-0.3, -0.25) is 9.79 Å². The van der Waals surface area contributed by atoms with E-state index in [9.17, 15) is 4.79 Å². The number of aromatic nitrogens is 1. The first-order chi connectivity index (χ1) is 13.5. The summed E-state index contributed by atoms with van der Waals surface area (Å²) in [6.45, 7) is 8.46. The summed E-state index contributed by atoms with van der Waals surface area (Å²) in [4.78, 5) is 19.2. The van der Waals surface area contributed by atoms with Gasteiger partial charge in [0, 0.05) is 50.1 Å². The van der Waals surface area contributed by atoms with Crippen LogP contribution in [0.5, 0.6) is 0 Å². The first kappa shape index (κ1) is 20.7. The Labute approximate surface area is 168 Å². The third-order valence-electron chi connectivity index (χ3n) is 6.18. The lowest BCUT2D eigenvalue weighted by molar-refractivity contribution is -0.135. The lowest BCUT2D eigenvalue weighted by Gasteiger charge is -2.26. The number of likely N-dealkylation sites (tertiary alicyclic amines) is 1. The van der Waals surface area contributed by atoms with Crippen molar-refractivity contribution in [1.82, 2.24) is 20.7 Å². The van der Waals surface area contributed by atoms with Gasteiger partial charge in [-0.05, 0) is 33.1 Å². The van der Waals surface area contributed by atoms with Crippen molar-refractivity contribution in [1.29, 1.82) is 0 Å². The highest BCUT2D eigenvalue weighted by atomic mass is 16.5. The van der Waals surface area contributed by atoms with Gasteiger partial charge >= 0.3 is 0 Å². The molecule has 1 saturated carbocycles. The van der Waals surface area contributed by atoms with Gasteiger partial charge in [-0.15, -0.1) is 0 Å². The van der Waals surface area contributed by atoms with E-state index in [2.05, 4.69) is 27.7 Å². The van der Waals surface area contributed by atoms with Crippen LogP contribution in [0.1, 0.15) is 68.4 Å². The summed E-state index contributed by atoms with van der Waals surface area (Å²) >= 11 is 0. The number of carbonyl (C=O) groups excluding carboxylic acids is 1. The lowest BCUT2D eigenvalue weighted by Crippen LogP contribution is -2.46. The summed E-state index contributed by atoms with van der Waals surface area (Å²) in [6, 6.07) is 0.258. The molecule has 0 radical (unpaired) electrons. The van der Waals surface area contributed by atoms with Crippen LogP contribution in [-0.2, 0) is 4.79 Å². The fourth-order valence-electron chi connectivity index (χ4n) is 4.62. The van der Waals surface area contributed by atoms with E-state index in [1.54, 1.807) is 7.05 Å². The number of guanidine groups is 1. The van der Waals surface area contributed by atoms with Gasteiger partial charge in [0.2, 0.25) is 5.91 Å². The van der Waals surface area contributed by atoms with E-state index in [0.29, 0.717) is 5.91 Å². The molecule has 2 fully saturated rings. The molecule has 1 amide bonds. The zero-order chi connectivity index (χ0) is 20.1. The van der Waals surface area contributed by atoms with Crippen molar-refractivity contribution in [3.8, 4) is 0 Å². The first-order valence-corrected chi connectivity index (χ1v) is 10.7. The summed E-state index contributed by atoms with van der Waals surface area (Å²) in [5.41, 5.74) is 2.11. The molecule has 1 saturated heterocycles. The van der Waals surface area contributed by atoms with Crippen LogP contribution in [0.25, 0.3) is 0 Å². The standard InChI is InChI=1S/C21H35N5O2/c1-14(19-15(2)25-28-16(19)3)12-23-21(22-4)24-18-10-11-26(13-18)20(27)17-8-6-5-7-9-17/h14,17-18H,5-13H2,1-4H3,(H2,22,23,24). The van der Waals surface area contributed by atoms with Gasteiger partial charge in [0.05, 0.1) is 5.69 Å². The molecule has 1 aromatic heterocycles. The Morgan fingerprint density at radius 1 is 1.29 bits per heavy atom. The predicted molar refractivity (Wildman–Crippen MR) is 110 cm³/mol. The molecule has 2 N–H and O–H groups in total. The Morgan fingerprint density at radius 2 is 2.04 bits per heavy atom. The average molecular weight is 390 g/mol. The number of amides is 1. The molecule has 7 heteroatoms. The van der Waals surface area contributed by atoms with Crippen molar-refractivity contribution < 1.29 is 9.32 Å². The maximum Gasteiger partial charge on any atom is 0.225 e. The van der Waals surface area contributed by atoms with Crippen molar-refractivity contribution in [2.24, 2.45) is 10.9 Å². The summed E-state index contributed by atoms with van der Waals surface area (Å²) in [7, 11) is 1.79. The Hall–Kier alpha value is -2.05. The maximum atomic E-state index is 12.7. The summed E-state index contributed by atoms with van der Waals surface area (Å²) < 4.78 is 5.28. The van der Waals surface area contributed by atoms with Crippen molar-refractivity contribution in [2.75, 3.05) is 26.7 Å². The SMILES string of the molecule is CN=C(NCC(C)c1c(C)noc1C)NC1CCN(C(=O)C2CCCCC2)C1. The quantitative estimate of drug-likeness (QED) is 0.598. The number of nitrogens with zero attached hydrogens (tertiary/aromatic N) is 3. The minimum absolute atomic E-state index is 0.251. The van der Waals surface area contributed by atoms with E-state index in [1.807, 2.05) is 18.7 Å². The molecule has 3 rings (SSSR count). The molecule has 0 bridgehead atoms. The fraction of sp³-hybridized carbons (Fsp3) is 0.762. The van der Waals surface area contributed by atoms with Crippen LogP contribution in [0.4, 0.5) is 0 Å². The summed E-state index contributed by atoms with van der Waals surface area (Å²) in [6.07, 6.45) is 6.78. The molecular formula is C21H35N5O2. The maximum absolute atomic E-state index is 12.7. The highest BCUT2D eigenvalue weighted by Crippen LogP contribution is 2.27. The second-order valence-corrected chi connectivity index (χ2v) is 8.34. The van der Waals surface area contributed by atoms with E-state index < -0.39 is 0 Å². The lowest BCUT2D eigenvalue weighted by atomic mass is 9.88. The third kappa shape index (κ3) is 4.86. The minimum atomic E-state index is 0.251. The van der Waals surface area contributed by atoms with Crippen LogP contribution in [0.15, 0.2) is 9.52 Å². The van der Waals surface area contributed by atoms with E-state index in [-0.39, 0.29) is 17.9 Å². The number of rotatable bonds is 5. The largest absolute Gasteiger partial charge is 0.361 e. The van der Waals surface area contributed by atoms with Crippen LogP contribution in [0.2, 0.25) is 0 Å². The molecule has 2 unspecified atom stereocenters. The number of hydrogen-bond donors (Lipinski definition) is 2. The first-order valence-electron chi connectivity index (χ1n) is 10.7. The Balaban J connectivity index is 1.47. The van der Waals surface area contributed by atoms with Crippen LogP contribution >= 0.6 is 0 Å². The normalized spacial score (nSPS) is 22.4. The molecule has 1 aliphatic heterocycles. The van der Waals surface area contributed by atoms with Gasteiger partial charge in [-0.1, -0.05) is 31.3 Å². The zero-order valence-corrected chi connectivity index (χ0v) is 17.8. The number of hydrogen-bond acceptors (Lipinski definition) is 4. The minimum Gasteiger partial charge on any atom is -0.361 e.